The van der Waals surface area contributed by atoms with Crippen LogP contribution < -0.4 is 15.2 Å². The molecule has 2 N–H and O–H groups in total. The van der Waals surface area contributed by atoms with Gasteiger partial charge >= 0.3 is 0 Å². The smallest absolute Gasteiger partial charge is 0.158 e. The van der Waals surface area contributed by atoms with E-state index in [9.17, 15) is 0 Å². The third-order valence-corrected chi connectivity index (χ3v) is 3.83. The minimum atomic E-state index is -0.697. The summed E-state index contributed by atoms with van der Waals surface area (Å²) in [6.07, 6.45) is -0.277. The van der Waals surface area contributed by atoms with E-state index in [0.717, 1.165) is 11.3 Å². The van der Waals surface area contributed by atoms with E-state index in [2.05, 4.69) is 0 Å². The van der Waals surface area contributed by atoms with Gasteiger partial charge in [0.15, 0.2) is 5.60 Å². The first kappa shape index (κ1) is 16.3. The molecule has 118 valence electrons. The van der Waals surface area contributed by atoms with Crippen molar-refractivity contribution in [2.24, 2.45) is 5.73 Å². The average molecular weight is 301 g/mol. The lowest BCUT2D eigenvalue weighted by Crippen LogP contribution is -2.47. The van der Waals surface area contributed by atoms with Gasteiger partial charge in [0, 0.05) is 19.7 Å². The summed E-state index contributed by atoms with van der Waals surface area (Å²) in [5.74, 6) is 1.45. The molecule has 4 heteroatoms. The van der Waals surface area contributed by atoms with Gasteiger partial charge in [-0.05, 0) is 24.6 Å². The Morgan fingerprint density at radius 3 is 2.27 bits per heavy atom. The maximum atomic E-state index is 6.29. The number of hydrogen-bond acceptors (Lipinski definition) is 4. The molecule has 0 amide bonds. The summed E-state index contributed by atoms with van der Waals surface area (Å²) in [6, 6.07) is 17.5. The standard InChI is InChI=1S/C18H23NO3/c1-18(17(13-19)21-3,14-8-5-4-6-9-14)22-16-11-7-10-15(12-16)20-2/h4-12,17H,13,19H2,1-3H3. The van der Waals surface area contributed by atoms with Gasteiger partial charge in [0.2, 0.25) is 0 Å². The van der Waals surface area contributed by atoms with Gasteiger partial charge in [0.1, 0.15) is 17.6 Å². The summed E-state index contributed by atoms with van der Waals surface area (Å²) in [6.45, 7) is 2.34. The molecule has 0 aliphatic rings. The van der Waals surface area contributed by atoms with Gasteiger partial charge in [-0.3, -0.25) is 0 Å². The molecule has 0 aromatic heterocycles. The lowest BCUT2D eigenvalue weighted by Gasteiger charge is -2.37. The van der Waals surface area contributed by atoms with Crippen LogP contribution in [0.5, 0.6) is 11.5 Å². The predicted molar refractivity (Wildman–Crippen MR) is 87.3 cm³/mol. The number of ether oxygens (including phenoxy) is 3. The van der Waals surface area contributed by atoms with Crippen molar-refractivity contribution in [1.82, 2.24) is 0 Å². The van der Waals surface area contributed by atoms with Crippen LogP contribution in [0.1, 0.15) is 12.5 Å². The highest BCUT2D eigenvalue weighted by Gasteiger charge is 2.38. The van der Waals surface area contributed by atoms with Crippen molar-refractivity contribution >= 4 is 0 Å². The first-order valence-electron chi connectivity index (χ1n) is 7.25. The lowest BCUT2D eigenvalue weighted by atomic mass is 9.89. The largest absolute Gasteiger partial charge is 0.497 e. The van der Waals surface area contributed by atoms with Crippen LogP contribution in [-0.2, 0) is 10.3 Å². The van der Waals surface area contributed by atoms with Crippen LogP contribution in [0.15, 0.2) is 54.6 Å². The van der Waals surface area contributed by atoms with Gasteiger partial charge < -0.3 is 19.9 Å². The second-order valence-corrected chi connectivity index (χ2v) is 5.21. The van der Waals surface area contributed by atoms with E-state index in [1.807, 2.05) is 61.5 Å². The molecule has 2 aromatic carbocycles. The van der Waals surface area contributed by atoms with Crippen LogP contribution in [0.3, 0.4) is 0 Å². The quantitative estimate of drug-likeness (QED) is 0.854. The van der Waals surface area contributed by atoms with Gasteiger partial charge in [-0.2, -0.15) is 0 Å². The molecule has 0 radical (unpaired) electrons. The van der Waals surface area contributed by atoms with Crippen molar-refractivity contribution in [2.45, 2.75) is 18.6 Å². The third kappa shape index (κ3) is 3.40. The second kappa shape index (κ2) is 7.29. The molecule has 0 saturated carbocycles. The molecule has 4 nitrogen and oxygen atoms in total. The summed E-state index contributed by atoms with van der Waals surface area (Å²) in [7, 11) is 3.28. The number of nitrogens with two attached hydrogens (primary N) is 1. The molecule has 2 aromatic rings. The Balaban J connectivity index is 2.40. The van der Waals surface area contributed by atoms with E-state index in [1.165, 1.54) is 0 Å². The fraction of sp³-hybridized carbons (Fsp3) is 0.333. The average Bonchev–Trinajstić information content (AvgIpc) is 2.57. The summed E-state index contributed by atoms with van der Waals surface area (Å²) in [5.41, 5.74) is 6.20. The minimum absolute atomic E-state index is 0.277. The Morgan fingerprint density at radius 2 is 1.68 bits per heavy atom. The van der Waals surface area contributed by atoms with Gasteiger partial charge in [0.05, 0.1) is 7.11 Å². The van der Waals surface area contributed by atoms with E-state index < -0.39 is 5.60 Å². The highest BCUT2D eigenvalue weighted by Crippen LogP contribution is 2.33. The van der Waals surface area contributed by atoms with Crippen LogP contribution in [-0.4, -0.2) is 26.9 Å². The van der Waals surface area contributed by atoms with Gasteiger partial charge in [-0.15, -0.1) is 0 Å². The Morgan fingerprint density at radius 1 is 1.00 bits per heavy atom. The van der Waals surface area contributed by atoms with Crippen molar-refractivity contribution in [3.8, 4) is 11.5 Å². The lowest BCUT2D eigenvalue weighted by molar-refractivity contribution is -0.0637. The SMILES string of the molecule is COc1cccc(OC(C)(c2ccccc2)C(CN)OC)c1. The Bertz CT molecular complexity index is 584. The zero-order chi connectivity index (χ0) is 16.0. The zero-order valence-electron chi connectivity index (χ0n) is 13.3. The highest BCUT2D eigenvalue weighted by atomic mass is 16.5. The molecule has 0 aliphatic heterocycles. The van der Waals surface area contributed by atoms with Crippen LogP contribution in [0.4, 0.5) is 0 Å². The Hall–Kier alpha value is -2.04. The molecule has 0 heterocycles. The van der Waals surface area contributed by atoms with E-state index >= 15 is 0 Å². The molecular weight excluding hydrogens is 278 g/mol. The molecule has 2 unspecified atom stereocenters. The first-order chi connectivity index (χ1) is 10.6. The van der Waals surface area contributed by atoms with E-state index in [4.69, 9.17) is 19.9 Å². The van der Waals surface area contributed by atoms with Crippen molar-refractivity contribution in [3.63, 3.8) is 0 Å². The maximum absolute atomic E-state index is 6.29. The summed E-state index contributed by atoms with van der Waals surface area (Å²) in [5, 5.41) is 0. The van der Waals surface area contributed by atoms with E-state index in [0.29, 0.717) is 12.3 Å². The fourth-order valence-electron chi connectivity index (χ4n) is 2.54. The predicted octanol–water partition coefficient (Wildman–Crippen LogP) is 2.96. The monoisotopic (exact) mass is 301 g/mol. The normalized spacial score (nSPS) is 14.9. The Labute approximate surface area is 131 Å². The summed E-state index contributed by atoms with van der Waals surface area (Å²) in [4.78, 5) is 0. The number of hydrogen-bond donors (Lipinski definition) is 1. The molecule has 0 bridgehead atoms. The van der Waals surface area contributed by atoms with Crippen molar-refractivity contribution in [2.75, 3.05) is 20.8 Å². The molecule has 22 heavy (non-hydrogen) atoms. The fourth-order valence-corrected chi connectivity index (χ4v) is 2.54. The molecule has 0 spiro atoms. The van der Waals surface area contributed by atoms with Gasteiger partial charge in [-0.25, -0.2) is 0 Å². The summed E-state index contributed by atoms with van der Waals surface area (Å²) < 4.78 is 17.1. The molecule has 0 saturated heterocycles. The number of benzene rings is 2. The molecular formula is C18H23NO3. The maximum Gasteiger partial charge on any atom is 0.158 e. The minimum Gasteiger partial charge on any atom is -0.497 e. The van der Waals surface area contributed by atoms with E-state index in [1.54, 1.807) is 14.2 Å². The van der Waals surface area contributed by atoms with Crippen LogP contribution in [0, 0.1) is 0 Å². The summed E-state index contributed by atoms with van der Waals surface area (Å²) >= 11 is 0. The molecule has 2 atom stereocenters. The second-order valence-electron chi connectivity index (χ2n) is 5.21. The van der Waals surface area contributed by atoms with Crippen molar-refractivity contribution in [3.05, 3.63) is 60.2 Å². The zero-order valence-corrected chi connectivity index (χ0v) is 13.3. The number of methoxy groups -OCH3 is 2. The molecule has 0 aliphatic carbocycles. The van der Waals surface area contributed by atoms with Crippen LogP contribution in [0.2, 0.25) is 0 Å². The van der Waals surface area contributed by atoms with Crippen LogP contribution >= 0.6 is 0 Å². The number of rotatable bonds is 7. The van der Waals surface area contributed by atoms with Crippen LogP contribution in [0.25, 0.3) is 0 Å². The molecule has 2 rings (SSSR count). The third-order valence-electron chi connectivity index (χ3n) is 3.83. The van der Waals surface area contributed by atoms with Crippen molar-refractivity contribution in [1.29, 1.82) is 0 Å². The van der Waals surface area contributed by atoms with Gasteiger partial charge in [0.25, 0.3) is 0 Å². The first-order valence-corrected chi connectivity index (χ1v) is 7.25. The highest BCUT2D eigenvalue weighted by molar-refractivity contribution is 5.35. The topological polar surface area (TPSA) is 53.7 Å². The van der Waals surface area contributed by atoms with E-state index in [-0.39, 0.29) is 6.10 Å². The molecule has 0 fully saturated rings. The van der Waals surface area contributed by atoms with Crippen molar-refractivity contribution < 1.29 is 14.2 Å². The van der Waals surface area contributed by atoms with Gasteiger partial charge in [-0.1, -0.05) is 36.4 Å². The Kier molecular flexibility index (Phi) is 5.41.